The fourth-order valence-corrected chi connectivity index (χ4v) is 2.41. The minimum Gasteiger partial charge on any atom is -0.378 e. The van der Waals surface area contributed by atoms with Gasteiger partial charge in [-0.05, 0) is 42.5 Å². The summed E-state index contributed by atoms with van der Waals surface area (Å²) in [5, 5.41) is 8.14. The van der Waals surface area contributed by atoms with E-state index in [1.54, 1.807) is 36.4 Å². The normalized spacial score (nSPS) is 10.0. The lowest BCUT2D eigenvalue weighted by atomic mass is 10.2. The summed E-state index contributed by atoms with van der Waals surface area (Å²) >= 11 is 0. The average molecular weight is 368 g/mol. The van der Waals surface area contributed by atoms with Gasteiger partial charge in [0.05, 0.1) is 0 Å². The molecule has 0 atom stereocenters. The summed E-state index contributed by atoms with van der Waals surface area (Å²) < 4.78 is 0. The van der Waals surface area contributed by atoms with Gasteiger partial charge in [-0.15, -0.1) is 0 Å². The molecule has 3 N–H and O–H groups in total. The Balaban J connectivity index is 1.79. The number of nitrogens with one attached hydrogen (secondary N) is 3. The molecule has 0 aliphatic heterocycles. The van der Waals surface area contributed by atoms with Crippen molar-refractivity contribution in [2.24, 2.45) is 0 Å². The van der Waals surface area contributed by atoms with Crippen LogP contribution in [-0.2, 0) is 4.79 Å². The Kier molecular flexibility index (Phi) is 6.93. The van der Waals surface area contributed by atoms with Crippen LogP contribution in [0.5, 0.6) is 0 Å². The maximum atomic E-state index is 12.2. The molecule has 0 spiro atoms. The first-order chi connectivity index (χ1) is 12.9. The van der Waals surface area contributed by atoms with Crippen LogP contribution in [0.15, 0.2) is 48.5 Å². The highest BCUT2D eigenvalue weighted by Gasteiger charge is 2.08. The molecule has 0 aliphatic rings. The highest BCUT2D eigenvalue weighted by atomic mass is 16.2. The van der Waals surface area contributed by atoms with Gasteiger partial charge in [0.25, 0.3) is 11.8 Å². The van der Waals surface area contributed by atoms with Crippen LogP contribution in [0, 0.1) is 0 Å². The second-order valence-corrected chi connectivity index (χ2v) is 6.22. The van der Waals surface area contributed by atoms with E-state index in [1.807, 2.05) is 31.1 Å². The second-order valence-electron chi connectivity index (χ2n) is 6.22. The van der Waals surface area contributed by atoms with E-state index in [-0.39, 0.29) is 17.7 Å². The van der Waals surface area contributed by atoms with Gasteiger partial charge in [-0.25, -0.2) is 0 Å². The summed E-state index contributed by atoms with van der Waals surface area (Å²) in [6.07, 6.45) is 0. The highest BCUT2D eigenvalue weighted by Crippen LogP contribution is 2.12. The quantitative estimate of drug-likeness (QED) is 0.651. The van der Waals surface area contributed by atoms with E-state index < -0.39 is 0 Å². The number of hydrogen-bond acceptors (Lipinski definition) is 4. The van der Waals surface area contributed by atoms with Crippen LogP contribution in [0.1, 0.15) is 27.6 Å². The Hall–Kier alpha value is -3.35. The molecular formula is C20H24N4O3. The van der Waals surface area contributed by atoms with Crippen LogP contribution in [-0.4, -0.2) is 44.9 Å². The molecule has 3 amide bonds. The number of nitrogens with zero attached hydrogens (tertiary/aromatic N) is 1. The van der Waals surface area contributed by atoms with Crippen molar-refractivity contribution >= 4 is 29.1 Å². The van der Waals surface area contributed by atoms with Crippen molar-refractivity contribution in [3.8, 4) is 0 Å². The summed E-state index contributed by atoms with van der Waals surface area (Å²) in [7, 11) is 3.87. The summed E-state index contributed by atoms with van der Waals surface area (Å²) in [5.41, 5.74) is 2.58. The standard InChI is InChI=1S/C20H24N4O3/c1-14(25)23-17-6-4-5-16(13-17)20(27)22-12-11-21-19(26)15-7-9-18(10-8-15)24(2)3/h4-10,13H,11-12H2,1-3H3,(H,21,26)(H,22,27)(H,23,25). The molecule has 2 aromatic rings. The molecule has 0 aromatic heterocycles. The molecule has 0 saturated carbocycles. The van der Waals surface area contributed by atoms with E-state index in [4.69, 9.17) is 0 Å². The van der Waals surface area contributed by atoms with E-state index in [9.17, 15) is 14.4 Å². The molecule has 0 unspecified atom stereocenters. The van der Waals surface area contributed by atoms with E-state index in [0.717, 1.165) is 5.69 Å². The van der Waals surface area contributed by atoms with Crippen LogP contribution in [0.2, 0.25) is 0 Å². The summed E-state index contributed by atoms with van der Waals surface area (Å²) in [6.45, 7) is 2.01. The van der Waals surface area contributed by atoms with Gasteiger partial charge in [-0.3, -0.25) is 14.4 Å². The zero-order valence-corrected chi connectivity index (χ0v) is 15.7. The molecule has 7 heteroatoms. The van der Waals surface area contributed by atoms with Gasteiger partial charge in [-0.2, -0.15) is 0 Å². The van der Waals surface area contributed by atoms with Gasteiger partial charge in [0.2, 0.25) is 5.91 Å². The first kappa shape index (κ1) is 20.0. The van der Waals surface area contributed by atoms with Crippen molar-refractivity contribution in [1.82, 2.24) is 10.6 Å². The minimum absolute atomic E-state index is 0.192. The molecule has 2 aromatic carbocycles. The third-order valence-corrected chi connectivity index (χ3v) is 3.79. The average Bonchev–Trinajstić information content (AvgIpc) is 2.64. The Bertz CT molecular complexity index is 816. The molecule has 0 fully saturated rings. The number of anilines is 2. The Labute approximate surface area is 158 Å². The van der Waals surface area contributed by atoms with Gasteiger partial charge in [0, 0.05) is 56.6 Å². The van der Waals surface area contributed by atoms with Crippen LogP contribution < -0.4 is 20.9 Å². The molecule has 142 valence electrons. The first-order valence-electron chi connectivity index (χ1n) is 8.58. The maximum Gasteiger partial charge on any atom is 0.251 e. The largest absolute Gasteiger partial charge is 0.378 e. The molecular weight excluding hydrogens is 344 g/mol. The smallest absolute Gasteiger partial charge is 0.251 e. The predicted octanol–water partition coefficient (Wildman–Crippen LogP) is 1.87. The number of carbonyl (C=O) groups excluding carboxylic acids is 3. The minimum atomic E-state index is -0.271. The van der Waals surface area contributed by atoms with Crippen molar-refractivity contribution in [1.29, 1.82) is 0 Å². The number of rotatable bonds is 7. The molecule has 0 heterocycles. The molecule has 7 nitrogen and oxygen atoms in total. The van der Waals surface area contributed by atoms with Crippen LogP contribution in [0.3, 0.4) is 0 Å². The van der Waals surface area contributed by atoms with E-state index in [2.05, 4.69) is 16.0 Å². The monoisotopic (exact) mass is 368 g/mol. The van der Waals surface area contributed by atoms with E-state index >= 15 is 0 Å². The number of hydrogen-bond donors (Lipinski definition) is 3. The fraction of sp³-hybridized carbons (Fsp3) is 0.250. The second kappa shape index (κ2) is 9.38. The van der Waals surface area contributed by atoms with Crippen molar-refractivity contribution < 1.29 is 14.4 Å². The SMILES string of the molecule is CC(=O)Nc1cccc(C(=O)NCCNC(=O)c2ccc(N(C)C)cc2)c1. The third kappa shape index (κ3) is 6.14. The number of amides is 3. The molecule has 0 saturated heterocycles. The van der Waals surface area contributed by atoms with Crippen molar-refractivity contribution in [2.45, 2.75) is 6.92 Å². The maximum absolute atomic E-state index is 12.2. The molecule has 0 radical (unpaired) electrons. The van der Waals surface area contributed by atoms with Crippen LogP contribution >= 0.6 is 0 Å². The first-order valence-corrected chi connectivity index (χ1v) is 8.58. The lowest BCUT2D eigenvalue weighted by Gasteiger charge is -2.12. The zero-order chi connectivity index (χ0) is 19.8. The van der Waals surface area contributed by atoms with Gasteiger partial charge >= 0.3 is 0 Å². The predicted molar refractivity (Wildman–Crippen MR) is 106 cm³/mol. The van der Waals surface area contributed by atoms with Crippen LogP contribution in [0.25, 0.3) is 0 Å². The fourth-order valence-electron chi connectivity index (χ4n) is 2.41. The molecule has 27 heavy (non-hydrogen) atoms. The van der Waals surface area contributed by atoms with Crippen molar-refractivity contribution in [3.63, 3.8) is 0 Å². The Morgan fingerprint density at radius 2 is 1.44 bits per heavy atom. The lowest BCUT2D eigenvalue weighted by molar-refractivity contribution is -0.114. The number of carbonyl (C=O) groups is 3. The van der Waals surface area contributed by atoms with E-state index in [1.165, 1.54) is 6.92 Å². The lowest BCUT2D eigenvalue weighted by Crippen LogP contribution is -2.34. The Morgan fingerprint density at radius 1 is 0.852 bits per heavy atom. The van der Waals surface area contributed by atoms with Gasteiger partial charge < -0.3 is 20.9 Å². The summed E-state index contributed by atoms with van der Waals surface area (Å²) in [4.78, 5) is 37.3. The van der Waals surface area contributed by atoms with Crippen molar-refractivity contribution in [2.75, 3.05) is 37.4 Å². The molecule has 0 aliphatic carbocycles. The molecule has 2 rings (SSSR count). The topological polar surface area (TPSA) is 90.5 Å². The summed E-state index contributed by atoms with van der Waals surface area (Å²) in [6, 6.07) is 13.9. The van der Waals surface area contributed by atoms with Gasteiger partial charge in [0.1, 0.15) is 0 Å². The van der Waals surface area contributed by atoms with Gasteiger partial charge in [0.15, 0.2) is 0 Å². The van der Waals surface area contributed by atoms with Crippen LogP contribution in [0.4, 0.5) is 11.4 Å². The van der Waals surface area contributed by atoms with Crippen molar-refractivity contribution in [3.05, 3.63) is 59.7 Å². The third-order valence-electron chi connectivity index (χ3n) is 3.79. The van der Waals surface area contributed by atoms with E-state index in [0.29, 0.717) is 29.9 Å². The highest BCUT2D eigenvalue weighted by molar-refractivity contribution is 5.97. The Morgan fingerprint density at radius 3 is 2.00 bits per heavy atom. The summed E-state index contributed by atoms with van der Waals surface area (Å²) in [5.74, 6) is -0.664. The zero-order valence-electron chi connectivity index (χ0n) is 15.7. The van der Waals surface area contributed by atoms with Gasteiger partial charge in [-0.1, -0.05) is 6.07 Å². The molecule has 0 bridgehead atoms. The number of benzene rings is 2.